The van der Waals surface area contributed by atoms with Crippen LogP contribution in [0.25, 0.3) is 0 Å². The van der Waals surface area contributed by atoms with Crippen molar-refractivity contribution in [2.75, 3.05) is 10.2 Å². The van der Waals surface area contributed by atoms with Gasteiger partial charge in [0.25, 0.3) is 11.8 Å². The maximum absolute atomic E-state index is 13.0. The van der Waals surface area contributed by atoms with Gasteiger partial charge in [0.05, 0.1) is 17.4 Å². The zero-order valence-electron chi connectivity index (χ0n) is 16.6. The summed E-state index contributed by atoms with van der Waals surface area (Å²) in [6.07, 6.45) is -0.343. The van der Waals surface area contributed by atoms with Crippen LogP contribution < -0.4 is 10.2 Å². The molecule has 0 saturated heterocycles. The molecule has 1 aliphatic rings. The second kappa shape index (κ2) is 8.09. The predicted molar refractivity (Wildman–Crippen MR) is 112 cm³/mol. The van der Waals surface area contributed by atoms with E-state index in [4.69, 9.17) is 16.3 Å². The summed E-state index contributed by atoms with van der Waals surface area (Å²) in [6.45, 7) is 7.30. The van der Waals surface area contributed by atoms with E-state index < -0.39 is 17.8 Å². The molecule has 2 aromatic rings. The number of nitrogens with one attached hydrogen (secondary N) is 1. The standard InChI is InChI=1S/C22H21ClN2O4/c1-12(2)29-22(28)16-7-5-6-8-17(16)25-20(26)18(23)19(21(25)27)24-15-10-13(3)9-14(4)11-15/h5-12,24H,1-4H3. The highest BCUT2D eigenvalue weighted by molar-refractivity contribution is 6.53. The van der Waals surface area contributed by atoms with Crippen molar-refractivity contribution < 1.29 is 19.1 Å². The third-order valence-corrected chi connectivity index (χ3v) is 4.58. The molecule has 1 aliphatic heterocycles. The Balaban J connectivity index is 1.96. The van der Waals surface area contributed by atoms with E-state index in [-0.39, 0.29) is 28.1 Å². The number of anilines is 2. The lowest BCUT2D eigenvalue weighted by Crippen LogP contribution is -2.33. The van der Waals surface area contributed by atoms with Crippen molar-refractivity contribution in [2.45, 2.75) is 33.8 Å². The number of para-hydroxylation sites is 1. The van der Waals surface area contributed by atoms with E-state index in [1.807, 2.05) is 32.0 Å². The fraction of sp³-hybridized carbons (Fsp3) is 0.227. The normalized spacial score (nSPS) is 14.1. The molecule has 0 fully saturated rings. The molecule has 0 spiro atoms. The Bertz CT molecular complexity index is 1020. The van der Waals surface area contributed by atoms with Gasteiger partial charge in [-0.15, -0.1) is 0 Å². The molecule has 150 valence electrons. The molecule has 0 radical (unpaired) electrons. The molecule has 2 aromatic carbocycles. The summed E-state index contributed by atoms with van der Waals surface area (Å²) in [6, 6.07) is 12.0. The summed E-state index contributed by atoms with van der Waals surface area (Å²) in [7, 11) is 0. The highest BCUT2D eigenvalue weighted by Gasteiger charge is 2.40. The monoisotopic (exact) mass is 412 g/mol. The predicted octanol–water partition coefficient (Wildman–Crippen LogP) is 4.30. The van der Waals surface area contributed by atoms with Crippen molar-refractivity contribution in [1.82, 2.24) is 0 Å². The van der Waals surface area contributed by atoms with Gasteiger partial charge in [-0.3, -0.25) is 9.59 Å². The molecular weight excluding hydrogens is 392 g/mol. The highest BCUT2D eigenvalue weighted by atomic mass is 35.5. The van der Waals surface area contributed by atoms with E-state index in [0.717, 1.165) is 16.0 Å². The molecule has 29 heavy (non-hydrogen) atoms. The number of hydrogen-bond donors (Lipinski definition) is 1. The van der Waals surface area contributed by atoms with E-state index in [1.54, 1.807) is 26.0 Å². The number of halogens is 1. The number of aryl methyl sites for hydroxylation is 2. The molecular formula is C22H21ClN2O4. The third-order valence-electron chi connectivity index (χ3n) is 4.23. The van der Waals surface area contributed by atoms with Gasteiger partial charge in [0.15, 0.2) is 0 Å². The second-order valence-corrected chi connectivity index (χ2v) is 7.49. The van der Waals surface area contributed by atoms with Gasteiger partial charge in [0.1, 0.15) is 10.7 Å². The van der Waals surface area contributed by atoms with Crippen LogP contribution in [0.2, 0.25) is 0 Å². The summed E-state index contributed by atoms with van der Waals surface area (Å²) in [5.74, 6) is -1.96. The maximum Gasteiger partial charge on any atom is 0.340 e. The molecule has 0 aliphatic carbocycles. The Morgan fingerprint density at radius 1 is 1.03 bits per heavy atom. The number of hydrogen-bond acceptors (Lipinski definition) is 5. The summed E-state index contributed by atoms with van der Waals surface area (Å²) in [5.41, 5.74) is 2.85. The van der Waals surface area contributed by atoms with E-state index in [0.29, 0.717) is 5.69 Å². The fourth-order valence-corrected chi connectivity index (χ4v) is 3.35. The minimum Gasteiger partial charge on any atom is -0.459 e. The molecule has 6 nitrogen and oxygen atoms in total. The molecule has 1 N–H and O–H groups in total. The highest BCUT2D eigenvalue weighted by Crippen LogP contribution is 2.32. The van der Waals surface area contributed by atoms with Crippen molar-refractivity contribution in [3.63, 3.8) is 0 Å². The Kier molecular flexibility index (Phi) is 5.75. The number of nitrogens with zero attached hydrogens (tertiary/aromatic N) is 1. The van der Waals surface area contributed by atoms with Crippen LogP contribution in [0.5, 0.6) is 0 Å². The van der Waals surface area contributed by atoms with E-state index in [1.165, 1.54) is 12.1 Å². The van der Waals surface area contributed by atoms with Crippen molar-refractivity contribution in [3.05, 3.63) is 69.9 Å². The van der Waals surface area contributed by atoms with Gasteiger partial charge in [-0.2, -0.15) is 0 Å². The first-order valence-corrected chi connectivity index (χ1v) is 9.50. The Labute approximate surface area is 174 Å². The second-order valence-electron chi connectivity index (χ2n) is 7.11. The number of rotatable bonds is 5. The average Bonchev–Trinajstić information content (AvgIpc) is 2.84. The van der Waals surface area contributed by atoms with Crippen molar-refractivity contribution in [1.29, 1.82) is 0 Å². The Hall–Kier alpha value is -3.12. The first kappa shape index (κ1) is 20.6. The zero-order chi connectivity index (χ0) is 21.3. The number of amides is 2. The van der Waals surface area contributed by atoms with Crippen LogP contribution in [0.3, 0.4) is 0 Å². The molecule has 0 bridgehead atoms. The Morgan fingerprint density at radius 2 is 1.66 bits per heavy atom. The molecule has 0 saturated carbocycles. The van der Waals surface area contributed by atoms with Crippen molar-refractivity contribution >= 4 is 40.8 Å². The number of ether oxygens (including phenoxy) is 1. The van der Waals surface area contributed by atoms with Crippen molar-refractivity contribution in [2.24, 2.45) is 0 Å². The van der Waals surface area contributed by atoms with Gasteiger partial charge in [0, 0.05) is 5.69 Å². The van der Waals surface area contributed by atoms with Crippen LogP contribution in [0.1, 0.15) is 35.3 Å². The third kappa shape index (κ3) is 4.17. The molecule has 0 atom stereocenters. The lowest BCUT2D eigenvalue weighted by molar-refractivity contribution is -0.120. The summed E-state index contributed by atoms with van der Waals surface area (Å²) < 4.78 is 5.23. The fourth-order valence-electron chi connectivity index (χ4n) is 3.14. The van der Waals surface area contributed by atoms with Gasteiger partial charge in [-0.25, -0.2) is 9.69 Å². The Morgan fingerprint density at radius 3 is 2.28 bits per heavy atom. The van der Waals surface area contributed by atoms with Crippen LogP contribution >= 0.6 is 11.6 Å². The molecule has 0 aromatic heterocycles. The van der Waals surface area contributed by atoms with Gasteiger partial charge < -0.3 is 10.1 Å². The molecule has 7 heteroatoms. The topological polar surface area (TPSA) is 75.7 Å². The average molecular weight is 413 g/mol. The minimum atomic E-state index is -0.701. The van der Waals surface area contributed by atoms with E-state index in [9.17, 15) is 14.4 Å². The number of imide groups is 1. The number of benzene rings is 2. The molecule has 1 heterocycles. The first-order valence-electron chi connectivity index (χ1n) is 9.13. The zero-order valence-corrected chi connectivity index (χ0v) is 17.3. The van der Waals surface area contributed by atoms with E-state index >= 15 is 0 Å². The van der Waals surface area contributed by atoms with Crippen LogP contribution in [-0.2, 0) is 14.3 Å². The number of carbonyl (C=O) groups is 3. The van der Waals surface area contributed by atoms with Crippen LogP contribution in [0.15, 0.2) is 53.2 Å². The van der Waals surface area contributed by atoms with Crippen molar-refractivity contribution in [3.8, 4) is 0 Å². The van der Waals surface area contributed by atoms with Crippen LogP contribution in [0, 0.1) is 13.8 Å². The van der Waals surface area contributed by atoms with Gasteiger partial charge in [-0.1, -0.05) is 29.8 Å². The molecule has 2 amide bonds. The smallest absolute Gasteiger partial charge is 0.340 e. The SMILES string of the molecule is Cc1cc(C)cc(NC2=C(Cl)C(=O)N(c3ccccc3C(=O)OC(C)C)C2=O)c1. The van der Waals surface area contributed by atoms with Crippen LogP contribution in [0.4, 0.5) is 11.4 Å². The number of carbonyl (C=O) groups excluding carboxylic acids is 3. The lowest BCUT2D eigenvalue weighted by atomic mass is 10.1. The quantitative estimate of drug-likeness (QED) is 0.585. The largest absolute Gasteiger partial charge is 0.459 e. The van der Waals surface area contributed by atoms with Gasteiger partial charge >= 0.3 is 5.97 Å². The number of esters is 1. The summed E-state index contributed by atoms with van der Waals surface area (Å²) in [4.78, 5) is 39.2. The summed E-state index contributed by atoms with van der Waals surface area (Å²) >= 11 is 6.20. The minimum absolute atomic E-state index is 0.0336. The molecule has 3 rings (SSSR count). The first-order chi connectivity index (χ1) is 13.7. The maximum atomic E-state index is 13.0. The van der Waals surface area contributed by atoms with Gasteiger partial charge in [-0.05, 0) is 63.1 Å². The molecule has 0 unspecified atom stereocenters. The lowest BCUT2D eigenvalue weighted by Gasteiger charge is -2.19. The van der Waals surface area contributed by atoms with E-state index in [2.05, 4.69) is 5.32 Å². The van der Waals surface area contributed by atoms with Crippen LogP contribution in [-0.4, -0.2) is 23.9 Å². The summed E-state index contributed by atoms with van der Waals surface area (Å²) in [5, 5.41) is 2.72. The van der Waals surface area contributed by atoms with Gasteiger partial charge in [0.2, 0.25) is 0 Å².